The van der Waals surface area contributed by atoms with E-state index in [2.05, 4.69) is 0 Å². The van der Waals surface area contributed by atoms with Crippen LogP contribution in [0.1, 0.15) is 6.42 Å². The molecule has 21 heavy (non-hydrogen) atoms. The van der Waals surface area contributed by atoms with Crippen LogP contribution in [0.25, 0.3) is 11.1 Å². The van der Waals surface area contributed by atoms with Crippen molar-refractivity contribution in [3.8, 4) is 22.6 Å². The molecule has 0 saturated carbocycles. The number of benzene rings is 2. The average Bonchev–Trinajstić information content (AvgIpc) is 2.48. The highest BCUT2D eigenvalue weighted by atomic mass is 19.1. The lowest BCUT2D eigenvalue weighted by Crippen LogP contribution is -2.04. The summed E-state index contributed by atoms with van der Waals surface area (Å²) in [6.45, 7) is 0.0994. The first kappa shape index (κ1) is 14.8. The maximum atomic E-state index is 13.8. The van der Waals surface area contributed by atoms with Crippen molar-refractivity contribution < 1.29 is 23.8 Å². The van der Waals surface area contributed by atoms with E-state index < -0.39 is 5.97 Å². The molecule has 0 aliphatic heterocycles. The van der Waals surface area contributed by atoms with E-state index in [4.69, 9.17) is 14.6 Å². The van der Waals surface area contributed by atoms with Gasteiger partial charge in [0.2, 0.25) is 0 Å². The number of rotatable bonds is 6. The third-order valence-electron chi connectivity index (χ3n) is 2.92. The fraction of sp³-hybridized carbons (Fsp3) is 0.188. The largest absolute Gasteiger partial charge is 0.497 e. The van der Waals surface area contributed by atoms with Gasteiger partial charge < -0.3 is 14.6 Å². The molecule has 0 aromatic heterocycles. The maximum Gasteiger partial charge on any atom is 0.306 e. The van der Waals surface area contributed by atoms with Gasteiger partial charge in [0.1, 0.15) is 17.3 Å². The molecule has 110 valence electrons. The van der Waals surface area contributed by atoms with Crippen molar-refractivity contribution in [2.45, 2.75) is 6.42 Å². The SMILES string of the molecule is COc1ccc(F)c(-c2ccc(OCCC(=O)O)cc2)c1. The highest BCUT2D eigenvalue weighted by Gasteiger charge is 2.07. The second-order valence-corrected chi connectivity index (χ2v) is 4.36. The van der Waals surface area contributed by atoms with Crippen molar-refractivity contribution in [2.75, 3.05) is 13.7 Å². The maximum absolute atomic E-state index is 13.8. The van der Waals surface area contributed by atoms with Crippen LogP contribution in [-0.2, 0) is 4.79 Å². The molecule has 0 bridgehead atoms. The summed E-state index contributed by atoms with van der Waals surface area (Å²) >= 11 is 0. The lowest BCUT2D eigenvalue weighted by atomic mass is 10.0. The van der Waals surface area contributed by atoms with Gasteiger partial charge in [0, 0.05) is 5.56 Å². The lowest BCUT2D eigenvalue weighted by molar-refractivity contribution is -0.137. The molecule has 2 aromatic carbocycles. The molecule has 2 aromatic rings. The van der Waals surface area contributed by atoms with Gasteiger partial charge in [-0.1, -0.05) is 12.1 Å². The second-order valence-electron chi connectivity index (χ2n) is 4.36. The fourth-order valence-corrected chi connectivity index (χ4v) is 1.84. The molecule has 5 heteroatoms. The van der Waals surface area contributed by atoms with Gasteiger partial charge in [-0.15, -0.1) is 0 Å². The Hall–Kier alpha value is -2.56. The topological polar surface area (TPSA) is 55.8 Å². The van der Waals surface area contributed by atoms with Gasteiger partial charge in [0.25, 0.3) is 0 Å². The summed E-state index contributed by atoms with van der Waals surface area (Å²) in [6, 6.07) is 11.3. The standard InChI is InChI=1S/C16H15FO4/c1-20-13-6-7-15(17)14(10-13)11-2-4-12(5-3-11)21-9-8-16(18)19/h2-7,10H,8-9H2,1H3,(H,18,19). The fourth-order valence-electron chi connectivity index (χ4n) is 1.84. The van der Waals surface area contributed by atoms with Crippen LogP contribution in [0, 0.1) is 5.82 Å². The predicted molar refractivity (Wildman–Crippen MR) is 76.1 cm³/mol. The third-order valence-corrected chi connectivity index (χ3v) is 2.92. The quantitative estimate of drug-likeness (QED) is 0.886. The molecule has 0 atom stereocenters. The average molecular weight is 290 g/mol. The van der Waals surface area contributed by atoms with Gasteiger partial charge in [0.05, 0.1) is 20.1 Å². The third kappa shape index (κ3) is 3.95. The Balaban J connectivity index is 2.13. The molecular formula is C16H15FO4. The van der Waals surface area contributed by atoms with Crippen molar-refractivity contribution in [1.82, 2.24) is 0 Å². The molecule has 0 aliphatic rings. The first-order valence-corrected chi connectivity index (χ1v) is 6.38. The number of hydrogen-bond donors (Lipinski definition) is 1. The Morgan fingerprint density at radius 3 is 2.43 bits per heavy atom. The highest BCUT2D eigenvalue weighted by molar-refractivity contribution is 5.67. The lowest BCUT2D eigenvalue weighted by Gasteiger charge is -2.08. The molecule has 1 N–H and O–H groups in total. The summed E-state index contributed by atoms with van der Waals surface area (Å²) in [4.78, 5) is 10.4. The number of hydrogen-bond acceptors (Lipinski definition) is 3. The molecule has 0 aliphatic carbocycles. The molecule has 0 unspecified atom stereocenters. The van der Waals surface area contributed by atoms with Crippen molar-refractivity contribution in [1.29, 1.82) is 0 Å². The molecule has 0 saturated heterocycles. The van der Waals surface area contributed by atoms with E-state index in [1.54, 1.807) is 36.4 Å². The van der Waals surface area contributed by atoms with Gasteiger partial charge in [-0.2, -0.15) is 0 Å². The number of aliphatic carboxylic acids is 1. The zero-order chi connectivity index (χ0) is 15.2. The van der Waals surface area contributed by atoms with Crippen molar-refractivity contribution in [3.05, 3.63) is 48.3 Å². The Bertz CT molecular complexity index is 623. The number of carboxylic acid groups (broad SMARTS) is 1. The van der Waals surface area contributed by atoms with Gasteiger partial charge in [-0.25, -0.2) is 4.39 Å². The first-order chi connectivity index (χ1) is 10.1. The Morgan fingerprint density at radius 1 is 1.14 bits per heavy atom. The van der Waals surface area contributed by atoms with Crippen LogP contribution in [-0.4, -0.2) is 24.8 Å². The van der Waals surface area contributed by atoms with Crippen LogP contribution in [0.5, 0.6) is 11.5 Å². The zero-order valence-corrected chi connectivity index (χ0v) is 11.5. The van der Waals surface area contributed by atoms with Gasteiger partial charge >= 0.3 is 5.97 Å². The molecule has 0 spiro atoms. The minimum absolute atomic E-state index is 0.0632. The monoisotopic (exact) mass is 290 g/mol. The summed E-state index contributed by atoms with van der Waals surface area (Å²) in [7, 11) is 1.52. The highest BCUT2D eigenvalue weighted by Crippen LogP contribution is 2.28. The molecular weight excluding hydrogens is 275 g/mol. The minimum atomic E-state index is -0.912. The smallest absolute Gasteiger partial charge is 0.306 e. The molecule has 0 amide bonds. The first-order valence-electron chi connectivity index (χ1n) is 6.38. The Labute approximate surface area is 121 Å². The summed E-state index contributed by atoms with van der Waals surface area (Å²) in [5.41, 5.74) is 1.13. The van der Waals surface area contributed by atoms with Crippen LogP contribution in [0.2, 0.25) is 0 Å². The summed E-state index contributed by atoms with van der Waals surface area (Å²) in [6.07, 6.45) is -0.0632. The molecule has 4 nitrogen and oxygen atoms in total. The van der Waals surface area contributed by atoms with Crippen LogP contribution in [0.3, 0.4) is 0 Å². The Kier molecular flexibility index (Phi) is 4.77. The van der Waals surface area contributed by atoms with E-state index >= 15 is 0 Å². The van der Waals surface area contributed by atoms with Crippen molar-refractivity contribution >= 4 is 5.97 Å². The second kappa shape index (κ2) is 6.74. The van der Waals surface area contributed by atoms with Crippen molar-refractivity contribution in [3.63, 3.8) is 0 Å². The van der Waals surface area contributed by atoms with Crippen LogP contribution >= 0.6 is 0 Å². The number of ether oxygens (including phenoxy) is 2. The van der Waals surface area contributed by atoms with E-state index in [9.17, 15) is 9.18 Å². The van der Waals surface area contributed by atoms with Crippen LogP contribution < -0.4 is 9.47 Å². The molecule has 0 fully saturated rings. The van der Waals surface area contributed by atoms with Crippen molar-refractivity contribution in [2.24, 2.45) is 0 Å². The van der Waals surface area contributed by atoms with E-state index in [-0.39, 0.29) is 18.8 Å². The van der Waals surface area contributed by atoms with Gasteiger partial charge in [0.15, 0.2) is 0 Å². The number of methoxy groups -OCH3 is 1. The van der Waals surface area contributed by atoms with E-state index in [0.717, 1.165) is 0 Å². The normalized spacial score (nSPS) is 10.2. The minimum Gasteiger partial charge on any atom is -0.497 e. The molecule has 2 rings (SSSR count). The summed E-state index contributed by atoms with van der Waals surface area (Å²) in [5, 5.41) is 8.53. The number of halogens is 1. The van der Waals surface area contributed by atoms with E-state index in [0.29, 0.717) is 22.6 Å². The van der Waals surface area contributed by atoms with Gasteiger partial charge in [-0.3, -0.25) is 4.79 Å². The Morgan fingerprint density at radius 2 is 1.81 bits per heavy atom. The summed E-state index contributed by atoms with van der Waals surface area (Å²) in [5.74, 6) is -0.128. The molecule has 0 heterocycles. The predicted octanol–water partition coefficient (Wildman–Crippen LogP) is 3.35. The number of carbonyl (C=O) groups is 1. The molecule has 0 radical (unpaired) electrons. The number of carboxylic acids is 1. The van der Waals surface area contributed by atoms with E-state index in [1.807, 2.05) is 0 Å². The summed E-state index contributed by atoms with van der Waals surface area (Å²) < 4.78 is 24.2. The van der Waals surface area contributed by atoms with E-state index in [1.165, 1.54) is 13.2 Å². The van der Waals surface area contributed by atoms with Crippen LogP contribution in [0.15, 0.2) is 42.5 Å². The van der Waals surface area contributed by atoms with Gasteiger partial charge in [-0.05, 0) is 35.9 Å². The zero-order valence-electron chi connectivity index (χ0n) is 11.5. The van der Waals surface area contributed by atoms with Crippen LogP contribution in [0.4, 0.5) is 4.39 Å².